The van der Waals surface area contributed by atoms with Gasteiger partial charge in [-0.05, 0) is 39.2 Å². The molecular formula is C10H19NO. The Kier molecular flexibility index (Phi) is 3.27. The zero-order valence-electron chi connectivity index (χ0n) is 8.34. The molecule has 0 N–H and O–H groups in total. The van der Waals surface area contributed by atoms with Crippen molar-refractivity contribution in [3.63, 3.8) is 0 Å². The van der Waals surface area contributed by atoms with E-state index in [1.54, 1.807) is 6.92 Å². The van der Waals surface area contributed by atoms with Crippen molar-refractivity contribution in [2.24, 2.45) is 5.92 Å². The van der Waals surface area contributed by atoms with E-state index in [0.29, 0.717) is 5.78 Å². The first-order valence-electron chi connectivity index (χ1n) is 4.85. The van der Waals surface area contributed by atoms with Crippen molar-refractivity contribution in [3.8, 4) is 0 Å². The van der Waals surface area contributed by atoms with Crippen molar-refractivity contribution in [2.45, 2.75) is 39.7 Å². The lowest BCUT2D eigenvalue weighted by molar-refractivity contribution is -0.122. The maximum atomic E-state index is 11.1. The maximum Gasteiger partial charge on any atom is 0.146 e. The number of carbonyl (C=O) groups is 1. The van der Waals surface area contributed by atoms with Gasteiger partial charge in [-0.25, -0.2) is 0 Å². The van der Waals surface area contributed by atoms with Crippen LogP contribution in [0.2, 0.25) is 0 Å². The largest absolute Gasteiger partial charge is 0.298 e. The summed E-state index contributed by atoms with van der Waals surface area (Å²) in [6.45, 7) is 8.16. The van der Waals surface area contributed by atoms with Gasteiger partial charge in [0.2, 0.25) is 0 Å². The molecule has 0 aromatic carbocycles. The van der Waals surface area contributed by atoms with Gasteiger partial charge in [0.05, 0.1) is 6.04 Å². The third-order valence-electron chi connectivity index (χ3n) is 2.82. The minimum absolute atomic E-state index is 0.132. The molecule has 1 aliphatic heterocycles. The molecule has 1 aliphatic rings. The highest BCUT2D eigenvalue weighted by Crippen LogP contribution is 2.17. The number of ketones is 1. The predicted molar refractivity (Wildman–Crippen MR) is 50.1 cm³/mol. The highest BCUT2D eigenvalue weighted by molar-refractivity contribution is 5.80. The molecule has 2 heteroatoms. The number of carbonyl (C=O) groups excluding carboxylic acids is 1. The summed E-state index contributed by atoms with van der Waals surface area (Å²) in [4.78, 5) is 13.4. The van der Waals surface area contributed by atoms with Gasteiger partial charge in [0.15, 0.2) is 0 Å². The summed E-state index contributed by atoms with van der Waals surface area (Å²) in [5, 5.41) is 0. The maximum absolute atomic E-state index is 11.1. The van der Waals surface area contributed by atoms with Crippen LogP contribution in [0.25, 0.3) is 0 Å². The molecule has 2 nitrogen and oxygen atoms in total. The fraction of sp³-hybridized carbons (Fsp3) is 0.900. The molecule has 1 saturated heterocycles. The molecule has 70 valence electrons. The number of hydrogen-bond acceptors (Lipinski definition) is 2. The fourth-order valence-corrected chi connectivity index (χ4v) is 1.83. The van der Waals surface area contributed by atoms with E-state index in [1.165, 1.54) is 12.8 Å². The molecule has 2 atom stereocenters. The monoisotopic (exact) mass is 169 g/mol. The zero-order chi connectivity index (χ0) is 9.14. The summed E-state index contributed by atoms with van der Waals surface area (Å²) in [5.74, 6) is 1.06. The molecule has 0 saturated carbocycles. The topological polar surface area (TPSA) is 20.3 Å². The fourth-order valence-electron chi connectivity index (χ4n) is 1.83. The summed E-state index contributed by atoms with van der Waals surface area (Å²) in [6.07, 6.45) is 2.57. The minimum Gasteiger partial charge on any atom is -0.298 e. The van der Waals surface area contributed by atoms with Crippen LogP contribution in [0.4, 0.5) is 0 Å². The first kappa shape index (κ1) is 9.72. The van der Waals surface area contributed by atoms with Gasteiger partial charge < -0.3 is 0 Å². The van der Waals surface area contributed by atoms with Crippen LogP contribution in [0.1, 0.15) is 33.6 Å². The second-order valence-electron chi connectivity index (χ2n) is 4.03. The summed E-state index contributed by atoms with van der Waals surface area (Å²) in [5.41, 5.74) is 0. The van der Waals surface area contributed by atoms with Crippen molar-refractivity contribution < 1.29 is 4.79 Å². The molecule has 0 aromatic heterocycles. The van der Waals surface area contributed by atoms with E-state index >= 15 is 0 Å². The molecule has 0 radical (unpaired) electrons. The molecule has 1 fully saturated rings. The SMILES string of the molecule is CC(=O)C(C)N1CCCC(C)C1. The molecule has 0 aromatic rings. The lowest BCUT2D eigenvalue weighted by atomic mass is 9.98. The molecule has 1 heterocycles. The van der Waals surface area contributed by atoms with Crippen LogP contribution in [-0.2, 0) is 4.79 Å². The van der Waals surface area contributed by atoms with Crippen LogP contribution in [0, 0.1) is 5.92 Å². The quantitative estimate of drug-likeness (QED) is 0.627. The van der Waals surface area contributed by atoms with Crippen molar-refractivity contribution >= 4 is 5.78 Å². The summed E-state index contributed by atoms with van der Waals surface area (Å²) < 4.78 is 0. The lowest BCUT2D eigenvalue weighted by Crippen LogP contribution is -2.43. The first-order valence-corrected chi connectivity index (χ1v) is 4.85. The Morgan fingerprint density at radius 2 is 2.25 bits per heavy atom. The molecule has 0 amide bonds. The van der Waals surface area contributed by atoms with E-state index in [0.717, 1.165) is 19.0 Å². The van der Waals surface area contributed by atoms with Gasteiger partial charge in [-0.3, -0.25) is 9.69 Å². The first-order chi connectivity index (χ1) is 5.61. The molecule has 2 unspecified atom stereocenters. The van der Waals surface area contributed by atoms with Gasteiger partial charge in [-0.2, -0.15) is 0 Å². The number of likely N-dealkylation sites (tertiary alicyclic amines) is 1. The van der Waals surface area contributed by atoms with E-state index < -0.39 is 0 Å². The van der Waals surface area contributed by atoms with Gasteiger partial charge in [-0.15, -0.1) is 0 Å². The van der Waals surface area contributed by atoms with E-state index in [9.17, 15) is 4.79 Å². The number of hydrogen-bond donors (Lipinski definition) is 0. The zero-order valence-corrected chi connectivity index (χ0v) is 8.34. The van der Waals surface area contributed by atoms with Crippen LogP contribution < -0.4 is 0 Å². The Morgan fingerprint density at radius 3 is 2.75 bits per heavy atom. The number of Topliss-reactive ketones (excluding diaryl/α,β-unsaturated/α-hetero) is 1. The molecule has 0 bridgehead atoms. The van der Waals surface area contributed by atoms with E-state index in [4.69, 9.17) is 0 Å². The Bertz CT molecular complexity index is 167. The molecule has 0 aliphatic carbocycles. The number of nitrogens with zero attached hydrogens (tertiary/aromatic N) is 1. The molecule has 0 spiro atoms. The summed E-state index contributed by atoms with van der Waals surface area (Å²) in [7, 11) is 0. The lowest BCUT2D eigenvalue weighted by Gasteiger charge is -2.34. The standard InChI is InChI=1S/C10H19NO/c1-8-5-4-6-11(7-8)9(2)10(3)12/h8-9H,4-7H2,1-3H3. The van der Waals surface area contributed by atoms with Crippen molar-refractivity contribution in [1.82, 2.24) is 4.90 Å². The van der Waals surface area contributed by atoms with Crippen molar-refractivity contribution in [3.05, 3.63) is 0 Å². The third-order valence-corrected chi connectivity index (χ3v) is 2.82. The van der Waals surface area contributed by atoms with Crippen LogP contribution in [-0.4, -0.2) is 29.8 Å². The Balaban J connectivity index is 2.45. The van der Waals surface area contributed by atoms with Gasteiger partial charge in [0, 0.05) is 6.54 Å². The highest BCUT2D eigenvalue weighted by Gasteiger charge is 2.22. The van der Waals surface area contributed by atoms with Crippen LogP contribution >= 0.6 is 0 Å². The Labute approximate surface area is 74.9 Å². The average Bonchev–Trinajstić information content (AvgIpc) is 2.03. The van der Waals surface area contributed by atoms with Gasteiger partial charge in [0.25, 0.3) is 0 Å². The minimum atomic E-state index is 0.132. The van der Waals surface area contributed by atoms with E-state index in [2.05, 4.69) is 11.8 Å². The third kappa shape index (κ3) is 2.31. The normalized spacial score (nSPS) is 28.4. The van der Waals surface area contributed by atoms with E-state index in [1.807, 2.05) is 6.92 Å². The van der Waals surface area contributed by atoms with Crippen molar-refractivity contribution in [1.29, 1.82) is 0 Å². The predicted octanol–water partition coefficient (Wildman–Crippen LogP) is 1.70. The van der Waals surface area contributed by atoms with E-state index in [-0.39, 0.29) is 6.04 Å². The van der Waals surface area contributed by atoms with Gasteiger partial charge >= 0.3 is 0 Å². The van der Waals surface area contributed by atoms with Crippen molar-refractivity contribution in [2.75, 3.05) is 13.1 Å². The Morgan fingerprint density at radius 1 is 1.58 bits per heavy atom. The Hall–Kier alpha value is -0.370. The summed E-state index contributed by atoms with van der Waals surface area (Å²) >= 11 is 0. The number of piperidine rings is 1. The number of rotatable bonds is 2. The second-order valence-corrected chi connectivity index (χ2v) is 4.03. The smallest absolute Gasteiger partial charge is 0.146 e. The molecular weight excluding hydrogens is 150 g/mol. The summed E-state index contributed by atoms with van der Waals surface area (Å²) in [6, 6.07) is 0.132. The highest BCUT2D eigenvalue weighted by atomic mass is 16.1. The van der Waals surface area contributed by atoms with Crippen LogP contribution in [0.5, 0.6) is 0 Å². The van der Waals surface area contributed by atoms with Gasteiger partial charge in [0.1, 0.15) is 5.78 Å². The molecule has 12 heavy (non-hydrogen) atoms. The van der Waals surface area contributed by atoms with Crippen LogP contribution in [0.15, 0.2) is 0 Å². The second kappa shape index (κ2) is 4.04. The average molecular weight is 169 g/mol. The molecule has 1 rings (SSSR count). The van der Waals surface area contributed by atoms with Gasteiger partial charge in [-0.1, -0.05) is 6.92 Å². The van der Waals surface area contributed by atoms with Crippen LogP contribution in [0.3, 0.4) is 0 Å².